The van der Waals surface area contributed by atoms with Crippen molar-refractivity contribution in [3.63, 3.8) is 0 Å². The molecule has 8 heteroatoms. The average molecular weight is 478 g/mol. The Morgan fingerprint density at radius 3 is 2.69 bits per heavy atom. The lowest BCUT2D eigenvalue weighted by Crippen LogP contribution is -2.43. The minimum Gasteiger partial charge on any atom is -0.497 e. The van der Waals surface area contributed by atoms with Crippen molar-refractivity contribution in [1.82, 2.24) is 14.3 Å². The molecule has 1 N–H and O–H groups in total. The third-order valence-electron chi connectivity index (χ3n) is 5.29. The van der Waals surface area contributed by atoms with Crippen LogP contribution < -0.4 is 15.6 Å². The van der Waals surface area contributed by atoms with Crippen LogP contribution in [0.15, 0.2) is 51.9 Å². The summed E-state index contributed by atoms with van der Waals surface area (Å²) in [6.07, 6.45) is 2.53. The number of methoxy groups -OCH3 is 1. The molecule has 152 valence electrons. The second-order valence-electron chi connectivity index (χ2n) is 7.42. The monoisotopic (exact) mass is 476 g/mol. The van der Waals surface area contributed by atoms with E-state index >= 15 is 0 Å². The summed E-state index contributed by atoms with van der Waals surface area (Å²) in [6.45, 7) is 1.86. The maximum atomic E-state index is 12.7. The van der Waals surface area contributed by atoms with Gasteiger partial charge in [-0.15, -0.1) is 0 Å². The van der Waals surface area contributed by atoms with E-state index in [2.05, 4.69) is 50.3 Å². The quantitative estimate of drug-likeness (QED) is 0.615. The predicted octanol–water partition coefficient (Wildman–Crippen LogP) is 4.02. The number of aromatic nitrogens is 2. The van der Waals surface area contributed by atoms with Crippen LogP contribution >= 0.6 is 27.5 Å². The van der Waals surface area contributed by atoms with Crippen molar-refractivity contribution < 1.29 is 4.74 Å². The molecule has 3 heterocycles. The van der Waals surface area contributed by atoms with E-state index in [-0.39, 0.29) is 11.6 Å². The molecule has 1 saturated heterocycles. The fourth-order valence-electron chi connectivity index (χ4n) is 3.92. The summed E-state index contributed by atoms with van der Waals surface area (Å²) in [4.78, 5) is 19.6. The summed E-state index contributed by atoms with van der Waals surface area (Å²) in [5.41, 5.74) is 1.65. The number of benzene rings is 1. The molecule has 1 aliphatic rings. The van der Waals surface area contributed by atoms with E-state index in [9.17, 15) is 4.79 Å². The van der Waals surface area contributed by atoms with Gasteiger partial charge in [0.2, 0.25) is 0 Å². The molecule has 0 spiro atoms. The molecule has 4 rings (SSSR count). The lowest BCUT2D eigenvalue weighted by Gasteiger charge is -2.36. The third-order valence-corrected chi connectivity index (χ3v) is 6.23. The predicted molar refractivity (Wildman–Crippen MR) is 119 cm³/mol. The number of likely N-dealkylation sites (N-methyl/N-ethyl adjacent to an activating group) is 1. The van der Waals surface area contributed by atoms with E-state index in [0.29, 0.717) is 26.9 Å². The van der Waals surface area contributed by atoms with Crippen molar-refractivity contribution >= 4 is 39.0 Å². The van der Waals surface area contributed by atoms with Crippen LogP contribution in [0.25, 0.3) is 5.65 Å². The van der Waals surface area contributed by atoms with E-state index in [1.54, 1.807) is 25.4 Å². The largest absolute Gasteiger partial charge is 0.497 e. The van der Waals surface area contributed by atoms with Gasteiger partial charge in [-0.1, -0.05) is 23.7 Å². The molecule has 0 aliphatic carbocycles. The van der Waals surface area contributed by atoms with Crippen LogP contribution in [0.5, 0.6) is 5.75 Å². The lowest BCUT2D eigenvalue weighted by molar-refractivity contribution is 0.235. The molecule has 2 aromatic heterocycles. The summed E-state index contributed by atoms with van der Waals surface area (Å²) >= 11 is 9.43. The van der Waals surface area contributed by atoms with Gasteiger partial charge in [0.05, 0.1) is 12.1 Å². The summed E-state index contributed by atoms with van der Waals surface area (Å²) < 4.78 is 7.13. The maximum absolute atomic E-state index is 12.7. The Morgan fingerprint density at radius 2 is 1.97 bits per heavy atom. The zero-order chi connectivity index (χ0) is 20.5. The van der Waals surface area contributed by atoms with Crippen molar-refractivity contribution in [2.75, 3.05) is 32.6 Å². The molecule has 0 unspecified atom stereocenters. The lowest BCUT2D eigenvalue weighted by atomic mass is 9.88. The summed E-state index contributed by atoms with van der Waals surface area (Å²) in [5, 5.41) is 3.97. The van der Waals surface area contributed by atoms with Gasteiger partial charge in [0.1, 0.15) is 21.7 Å². The molecule has 3 aromatic rings. The van der Waals surface area contributed by atoms with Crippen LogP contribution in [0, 0.1) is 0 Å². The third kappa shape index (κ3) is 4.27. The van der Waals surface area contributed by atoms with Crippen LogP contribution in [0.4, 0.5) is 5.82 Å². The molecule has 0 radical (unpaired) electrons. The topological polar surface area (TPSA) is 58.9 Å². The fourth-order valence-corrected chi connectivity index (χ4v) is 4.48. The fraction of sp³-hybridized carbons (Fsp3) is 0.333. The standard InChI is InChI=1S/C21H22BrClN4O2/c1-26-10-14(13-3-6-17(29-2)7-4-13)9-16(12-26)24-20-19(22)21(28)27-11-15(23)5-8-18(27)25-20/h3-8,11,14,16,24H,9-10,12H2,1-2H3/t14-,16+/m0/s1. The first-order valence-corrected chi connectivity index (χ1v) is 10.6. The number of ether oxygens (including phenoxy) is 1. The molecule has 6 nitrogen and oxygen atoms in total. The van der Waals surface area contributed by atoms with Gasteiger partial charge in [-0.25, -0.2) is 4.98 Å². The number of likely N-dealkylation sites (tertiary alicyclic amines) is 1. The first kappa shape index (κ1) is 20.2. The molecule has 2 atom stereocenters. The highest BCUT2D eigenvalue weighted by molar-refractivity contribution is 9.10. The van der Waals surface area contributed by atoms with Crippen molar-refractivity contribution in [1.29, 1.82) is 0 Å². The SMILES string of the molecule is COc1ccc([C@H]2C[C@@H](Nc3nc4ccc(Cl)cn4c(=O)c3Br)CN(C)C2)cc1. The Kier molecular flexibility index (Phi) is 5.81. The first-order valence-electron chi connectivity index (χ1n) is 9.41. The van der Waals surface area contributed by atoms with Crippen LogP contribution in [-0.2, 0) is 0 Å². The molecule has 0 bridgehead atoms. The van der Waals surface area contributed by atoms with E-state index in [1.165, 1.54) is 9.96 Å². The van der Waals surface area contributed by atoms with Crippen molar-refractivity contribution in [2.45, 2.75) is 18.4 Å². The van der Waals surface area contributed by atoms with Gasteiger partial charge in [-0.3, -0.25) is 9.20 Å². The normalized spacial score (nSPS) is 20.0. The molecular formula is C21H22BrClN4O2. The van der Waals surface area contributed by atoms with Gasteiger partial charge in [0, 0.05) is 25.3 Å². The van der Waals surface area contributed by atoms with Gasteiger partial charge in [-0.2, -0.15) is 0 Å². The van der Waals surface area contributed by atoms with Gasteiger partial charge in [-0.05, 0) is 65.1 Å². The number of fused-ring (bicyclic) bond motifs is 1. The summed E-state index contributed by atoms with van der Waals surface area (Å²) in [6, 6.07) is 11.9. The number of halogens is 2. The Balaban J connectivity index is 1.59. The average Bonchev–Trinajstić information content (AvgIpc) is 2.72. The number of anilines is 1. The highest BCUT2D eigenvalue weighted by Crippen LogP contribution is 2.30. The van der Waals surface area contributed by atoms with Crippen molar-refractivity contribution in [2.24, 2.45) is 0 Å². The van der Waals surface area contributed by atoms with Crippen LogP contribution in [0.2, 0.25) is 5.02 Å². The van der Waals surface area contributed by atoms with Crippen LogP contribution in [0.1, 0.15) is 17.9 Å². The minimum absolute atomic E-state index is 0.166. The van der Waals surface area contributed by atoms with Crippen LogP contribution in [0.3, 0.4) is 0 Å². The minimum atomic E-state index is -0.184. The van der Waals surface area contributed by atoms with E-state index in [4.69, 9.17) is 16.3 Å². The molecule has 1 fully saturated rings. The number of pyridine rings is 1. The molecule has 0 saturated carbocycles. The summed E-state index contributed by atoms with van der Waals surface area (Å²) in [7, 11) is 3.79. The smallest absolute Gasteiger partial charge is 0.274 e. The zero-order valence-electron chi connectivity index (χ0n) is 16.2. The highest BCUT2D eigenvalue weighted by Gasteiger charge is 2.27. The first-order chi connectivity index (χ1) is 13.9. The molecular weight excluding hydrogens is 456 g/mol. The molecule has 1 aliphatic heterocycles. The Labute approximate surface area is 182 Å². The maximum Gasteiger partial charge on any atom is 0.274 e. The molecule has 1 aromatic carbocycles. The van der Waals surface area contributed by atoms with Gasteiger partial charge < -0.3 is 15.0 Å². The highest BCUT2D eigenvalue weighted by atomic mass is 79.9. The van der Waals surface area contributed by atoms with E-state index in [1.807, 2.05) is 12.1 Å². The number of piperidine rings is 1. The molecule has 29 heavy (non-hydrogen) atoms. The Hall–Kier alpha value is -2.09. The Morgan fingerprint density at radius 1 is 1.21 bits per heavy atom. The van der Waals surface area contributed by atoms with E-state index in [0.717, 1.165) is 25.3 Å². The number of rotatable bonds is 4. The number of nitrogens with zero attached hydrogens (tertiary/aromatic N) is 3. The van der Waals surface area contributed by atoms with Gasteiger partial charge in [0.25, 0.3) is 5.56 Å². The van der Waals surface area contributed by atoms with Crippen molar-refractivity contribution in [3.05, 3.63) is 68.0 Å². The second-order valence-corrected chi connectivity index (χ2v) is 8.65. The number of hydrogen-bond acceptors (Lipinski definition) is 5. The second kappa shape index (κ2) is 8.34. The van der Waals surface area contributed by atoms with E-state index < -0.39 is 0 Å². The summed E-state index contributed by atoms with van der Waals surface area (Å²) in [5.74, 6) is 1.81. The van der Waals surface area contributed by atoms with Crippen LogP contribution in [-0.4, -0.2) is 47.6 Å². The number of nitrogens with one attached hydrogen (secondary N) is 1. The molecule has 0 amide bonds. The Bertz CT molecular complexity index is 1090. The van der Waals surface area contributed by atoms with Gasteiger partial charge >= 0.3 is 0 Å². The zero-order valence-corrected chi connectivity index (χ0v) is 18.6. The number of hydrogen-bond donors (Lipinski definition) is 1. The van der Waals surface area contributed by atoms with Gasteiger partial charge in [0.15, 0.2) is 0 Å². The van der Waals surface area contributed by atoms with Crippen molar-refractivity contribution in [3.8, 4) is 5.75 Å².